The highest BCUT2D eigenvalue weighted by molar-refractivity contribution is 7.99. The lowest BCUT2D eigenvalue weighted by Gasteiger charge is -2.11. The second-order valence-electron chi connectivity index (χ2n) is 6.57. The third kappa shape index (κ3) is 2.94. The van der Waals surface area contributed by atoms with Gasteiger partial charge < -0.3 is 9.67 Å². The van der Waals surface area contributed by atoms with Gasteiger partial charge in [0.15, 0.2) is 16.3 Å². The Morgan fingerprint density at radius 2 is 1.79 bits per heavy atom. The number of rotatable bonds is 5. The average Bonchev–Trinajstić information content (AvgIpc) is 3.07. The van der Waals surface area contributed by atoms with Crippen LogP contribution in [-0.4, -0.2) is 36.2 Å². The third-order valence-corrected chi connectivity index (χ3v) is 5.80. The van der Waals surface area contributed by atoms with Gasteiger partial charge in [0.2, 0.25) is 0 Å². The zero-order chi connectivity index (χ0) is 19.8. The Balaban J connectivity index is 1.99. The zero-order valence-corrected chi connectivity index (χ0v) is 16.4. The second kappa shape index (κ2) is 7.29. The van der Waals surface area contributed by atoms with Gasteiger partial charge in [-0.05, 0) is 16.3 Å². The Kier molecular flexibility index (Phi) is 4.82. The van der Waals surface area contributed by atoms with Gasteiger partial charge in [0.25, 0.3) is 5.56 Å². The van der Waals surface area contributed by atoms with Crippen LogP contribution in [0.4, 0.5) is 0 Å². The van der Waals surface area contributed by atoms with Crippen LogP contribution < -0.4 is 11.2 Å². The van der Waals surface area contributed by atoms with Crippen molar-refractivity contribution in [2.45, 2.75) is 11.7 Å². The number of hydrogen-bond acceptors (Lipinski definition) is 5. The van der Waals surface area contributed by atoms with Gasteiger partial charge in [-0.3, -0.25) is 13.9 Å². The summed E-state index contributed by atoms with van der Waals surface area (Å²) in [5, 5.41) is 12.1. The SMILES string of the molecule is Cn1c(=O)c2c(nc(SCCO)n2Cc2cccc3ccccc23)n(C)c1=O. The van der Waals surface area contributed by atoms with Gasteiger partial charge in [-0.2, -0.15) is 0 Å². The summed E-state index contributed by atoms with van der Waals surface area (Å²) in [6, 6.07) is 14.2. The van der Waals surface area contributed by atoms with Crippen molar-refractivity contribution in [1.82, 2.24) is 18.7 Å². The van der Waals surface area contributed by atoms with Crippen LogP contribution in [0, 0.1) is 0 Å². The average molecular weight is 396 g/mol. The van der Waals surface area contributed by atoms with Crippen LogP contribution >= 0.6 is 11.8 Å². The molecule has 0 bridgehead atoms. The Labute approximate surface area is 164 Å². The van der Waals surface area contributed by atoms with E-state index < -0.39 is 5.69 Å². The van der Waals surface area contributed by atoms with Gasteiger partial charge >= 0.3 is 5.69 Å². The molecule has 144 valence electrons. The van der Waals surface area contributed by atoms with Crippen LogP contribution in [0.3, 0.4) is 0 Å². The van der Waals surface area contributed by atoms with E-state index in [0.717, 1.165) is 20.9 Å². The van der Waals surface area contributed by atoms with Crippen LogP contribution in [0.2, 0.25) is 0 Å². The number of aliphatic hydroxyl groups is 1. The summed E-state index contributed by atoms with van der Waals surface area (Å²) in [7, 11) is 3.08. The molecule has 28 heavy (non-hydrogen) atoms. The smallest absolute Gasteiger partial charge is 0.332 e. The zero-order valence-electron chi connectivity index (χ0n) is 15.6. The summed E-state index contributed by atoms with van der Waals surface area (Å²) in [6.45, 7) is 0.443. The van der Waals surface area contributed by atoms with Gasteiger partial charge in [-0.25, -0.2) is 9.78 Å². The number of aromatic nitrogens is 4. The summed E-state index contributed by atoms with van der Waals surface area (Å²) >= 11 is 1.36. The number of aliphatic hydroxyl groups excluding tert-OH is 1. The lowest BCUT2D eigenvalue weighted by Crippen LogP contribution is -2.37. The summed E-state index contributed by atoms with van der Waals surface area (Å²) in [4.78, 5) is 29.7. The molecule has 2 heterocycles. The van der Waals surface area contributed by atoms with E-state index in [2.05, 4.69) is 23.2 Å². The van der Waals surface area contributed by atoms with Crippen molar-refractivity contribution in [2.24, 2.45) is 14.1 Å². The van der Waals surface area contributed by atoms with Crippen molar-refractivity contribution < 1.29 is 5.11 Å². The highest BCUT2D eigenvalue weighted by Crippen LogP contribution is 2.25. The van der Waals surface area contributed by atoms with E-state index in [1.165, 1.54) is 23.4 Å². The fourth-order valence-corrected chi connectivity index (χ4v) is 4.16. The molecule has 0 fully saturated rings. The summed E-state index contributed by atoms with van der Waals surface area (Å²) < 4.78 is 4.34. The van der Waals surface area contributed by atoms with Crippen LogP contribution in [0.15, 0.2) is 57.2 Å². The molecule has 0 saturated carbocycles. The maximum atomic E-state index is 12.9. The van der Waals surface area contributed by atoms with Crippen molar-refractivity contribution in [1.29, 1.82) is 0 Å². The van der Waals surface area contributed by atoms with Gasteiger partial charge in [0.05, 0.1) is 13.2 Å². The lowest BCUT2D eigenvalue weighted by molar-refractivity contribution is 0.322. The van der Waals surface area contributed by atoms with E-state index in [-0.39, 0.29) is 12.2 Å². The molecule has 0 amide bonds. The number of benzene rings is 2. The highest BCUT2D eigenvalue weighted by Gasteiger charge is 2.20. The van der Waals surface area contributed by atoms with Gasteiger partial charge in [-0.15, -0.1) is 0 Å². The highest BCUT2D eigenvalue weighted by atomic mass is 32.2. The second-order valence-corrected chi connectivity index (χ2v) is 7.63. The molecule has 2 aromatic heterocycles. The van der Waals surface area contributed by atoms with Gasteiger partial charge in [0, 0.05) is 19.8 Å². The van der Waals surface area contributed by atoms with Crippen molar-refractivity contribution in [3.8, 4) is 0 Å². The van der Waals surface area contributed by atoms with Crippen molar-refractivity contribution in [2.75, 3.05) is 12.4 Å². The van der Waals surface area contributed by atoms with E-state index in [4.69, 9.17) is 0 Å². The first kappa shape index (κ1) is 18.5. The molecule has 0 aliphatic heterocycles. The Morgan fingerprint density at radius 3 is 2.57 bits per heavy atom. The third-order valence-electron chi connectivity index (χ3n) is 4.84. The molecule has 0 aliphatic carbocycles. The van der Waals surface area contributed by atoms with E-state index in [0.29, 0.717) is 28.6 Å². The van der Waals surface area contributed by atoms with Crippen molar-refractivity contribution in [3.05, 3.63) is 68.9 Å². The minimum atomic E-state index is -0.411. The first-order chi connectivity index (χ1) is 13.5. The van der Waals surface area contributed by atoms with E-state index >= 15 is 0 Å². The number of aryl methyl sites for hydroxylation is 1. The minimum absolute atomic E-state index is 0.000913. The predicted octanol–water partition coefficient (Wildman–Crippen LogP) is 1.72. The van der Waals surface area contributed by atoms with Crippen LogP contribution in [0.25, 0.3) is 21.9 Å². The molecule has 0 saturated heterocycles. The van der Waals surface area contributed by atoms with E-state index in [1.54, 1.807) is 7.05 Å². The largest absolute Gasteiger partial charge is 0.396 e. The molecule has 0 unspecified atom stereocenters. The Bertz CT molecular complexity index is 1300. The van der Waals surface area contributed by atoms with Gasteiger partial charge in [0.1, 0.15) is 0 Å². The number of nitrogens with zero attached hydrogens (tertiary/aromatic N) is 4. The summed E-state index contributed by atoms with van der Waals surface area (Å²) in [5.74, 6) is 0.452. The normalized spacial score (nSPS) is 11.5. The summed E-state index contributed by atoms with van der Waals surface area (Å²) in [5.41, 5.74) is 1.01. The maximum Gasteiger partial charge on any atom is 0.332 e. The molecule has 0 atom stereocenters. The molecule has 1 N–H and O–H groups in total. The molecule has 0 spiro atoms. The van der Waals surface area contributed by atoms with Crippen molar-refractivity contribution >= 4 is 33.7 Å². The number of thioether (sulfide) groups is 1. The fraction of sp³-hybridized carbons (Fsp3) is 0.250. The monoisotopic (exact) mass is 396 g/mol. The van der Waals surface area contributed by atoms with Crippen LogP contribution in [-0.2, 0) is 20.6 Å². The molecule has 0 radical (unpaired) electrons. The molecule has 7 nitrogen and oxygen atoms in total. The quantitative estimate of drug-likeness (QED) is 0.520. The summed E-state index contributed by atoms with van der Waals surface area (Å²) in [6.07, 6.45) is 0. The molecule has 8 heteroatoms. The number of hydrogen-bond donors (Lipinski definition) is 1. The van der Waals surface area contributed by atoms with E-state index in [9.17, 15) is 14.7 Å². The first-order valence-electron chi connectivity index (χ1n) is 8.89. The molecular weight excluding hydrogens is 376 g/mol. The van der Waals surface area contributed by atoms with Gasteiger partial charge in [-0.1, -0.05) is 54.2 Å². The predicted molar refractivity (Wildman–Crippen MR) is 111 cm³/mol. The number of fused-ring (bicyclic) bond motifs is 2. The minimum Gasteiger partial charge on any atom is -0.396 e. The first-order valence-corrected chi connectivity index (χ1v) is 9.88. The maximum absolute atomic E-state index is 12.9. The Hall–Kier alpha value is -2.84. The fourth-order valence-electron chi connectivity index (χ4n) is 3.42. The molecule has 0 aliphatic rings. The molecule has 4 aromatic rings. The lowest BCUT2D eigenvalue weighted by atomic mass is 10.0. The van der Waals surface area contributed by atoms with Crippen LogP contribution in [0.5, 0.6) is 0 Å². The van der Waals surface area contributed by atoms with Crippen LogP contribution in [0.1, 0.15) is 5.56 Å². The topological polar surface area (TPSA) is 82.1 Å². The Morgan fingerprint density at radius 1 is 1.04 bits per heavy atom. The van der Waals surface area contributed by atoms with Crippen molar-refractivity contribution in [3.63, 3.8) is 0 Å². The molecule has 4 rings (SSSR count). The van der Waals surface area contributed by atoms with E-state index in [1.807, 2.05) is 28.8 Å². The molecule has 2 aromatic carbocycles. The molecular formula is C20H20N4O3S. The number of imidazole rings is 1. The standard InChI is InChI=1S/C20H20N4O3S/c1-22-17-16(18(26)23(2)20(22)27)24(19(21-17)28-11-10-25)12-14-8-5-7-13-6-3-4-9-15(13)14/h3-9,25H,10-12H2,1-2H3.